The fourth-order valence-electron chi connectivity index (χ4n) is 0.490. The van der Waals surface area contributed by atoms with E-state index in [9.17, 15) is 35.1 Å². The van der Waals surface area contributed by atoms with Crippen molar-refractivity contribution < 1.29 is 39.9 Å². The first-order chi connectivity index (χ1) is 6.46. The third-order valence-electron chi connectivity index (χ3n) is 1.34. The average molecular weight is 246 g/mol. The predicted octanol–water partition coefficient (Wildman–Crippen LogP) is 3.15. The van der Waals surface area contributed by atoms with E-state index in [2.05, 4.69) is 4.74 Å². The summed E-state index contributed by atoms with van der Waals surface area (Å²) in [6, 6.07) is 0. The van der Waals surface area contributed by atoms with Gasteiger partial charge in [-0.2, -0.15) is 26.3 Å². The Kier molecular flexibility index (Phi) is 4.32. The second kappa shape index (κ2) is 4.50. The average Bonchev–Trinajstić information content (AvgIpc) is 1.99. The topological polar surface area (TPSA) is 9.23 Å². The summed E-state index contributed by atoms with van der Waals surface area (Å²) in [7, 11) is 0. The molecule has 92 valence electrons. The summed E-state index contributed by atoms with van der Waals surface area (Å²) >= 11 is 0. The Balaban J connectivity index is 4.32. The van der Waals surface area contributed by atoms with Gasteiger partial charge in [-0.05, 0) is 6.92 Å². The molecule has 0 spiro atoms. The van der Waals surface area contributed by atoms with Gasteiger partial charge in [0, 0.05) is 0 Å². The fourth-order valence-corrected chi connectivity index (χ4v) is 0.490. The maximum absolute atomic E-state index is 12.3. The molecular weight excluding hydrogens is 240 g/mol. The molecule has 3 unspecified atom stereocenters. The van der Waals surface area contributed by atoms with Gasteiger partial charge in [0.15, 0.2) is 6.10 Å². The zero-order valence-electron chi connectivity index (χ0n) is 7.16. The van der Waals surface area contributed by atoms with Crippen LogP contribution in [-0.2, 0) is 4.74 Å². The molecular formula is C6H6F8O. The van der Waals surface area contributed by atoms with Crippen molar-refractivity contribution in [1.29, 1.82) is 0 Å². The van der Waals surface area contributed by atoms with Gasteiger partial charge in [0.25, 0.3) is 6.17 Å². The van der Waals surface area contributed by atoms with E-state index in [1.54, 1.807) is 0 Å². The second-order valence-corrected chi connectivity index (χ2v) is 2.61. The van der Waals surface area contributed by atoms with Crippen LogP contribution < -0.4 is 0 Å². The van der Waals surface area contributed by atoms with Crippen molar-refractivity contribution in [1.82, 2.24) is 0 Å². The number of hydrogen-bond acceptors (Lipinski definition) is 1. The zero-order chi connectivity index (χ0) is 12.4. The van der Waals surface area contributed by atoms with Crippen LogP contribution in [0.5, 0.6) is 0 Å². The summed E-state index contributed by atoms with van der Waals surface area (Å²) < 4.78 is 97.0. The number of alkyl halides is 8. The first kappa shape index (κ1) is 14.4. The molecule has 0 saturated carbocycles. The van der Waals surface area contributed by atoms with Gasteiger partial charge in [0.1, 0.15) is 0 Å². The van der Waals surface area contributed by atoms with E-state index in [4.69, 9.17) is 0 Å². The molecule has 9 heteroatoms. The molecule has 0 aromatic carbocycles. The molecule has 0 bridgehead atoms. The van der Waals surface area contributed by atoms with E-state index in [0.29, 0.717) is 0 Å². The van der Waals surface area contributed by atoms with Crippen LogP contribution in [-0.4, -0.2) is 31.0 Å². The first-order valence-corrected chi connectivity index (χ1v) is 3.53. The van der Waals surface area contributed by atoms with E-state index in [1.165, 1.54) is 0 Å². The third kappa shape index (κ3) is 4.63. The van der Waals surface area contributed by atoms with Crippen molar-refractivity contribution >= 4 is 0 Å². The lowest BCUT2D eigenvalue weighted by molar-refractivity contribution is -0.284. The Morgan fingerprint density at radius 2 is 1.27 bits per heavy atom. The van der Waals surface area contributed by atoms with E-state index in [1.807, 2.05) is 0 Å². The van der Waals surface area contributed by atoms with Crippen LogP contribution in [0.15, 0.2) is 0 Å². The molecule has 0 aliphatic carbocycles. The highest BCUT2D eigenvalue weighted by Gasteiger charge is 2.49. The first-order valence-electron chi connectivity index (χ1n) is 3.53. The molecule has 0 N–H and O–H groups in total. The van der Waals surface area contributed by atoms with Gasteiger partial charge in [-0.1, -0.05) is 0 Å². The molecule has 3 atom stereocenters. The maximum Gasteiger partial charge on any atom is 0.425 e. The lowest BCUT2D eigenvalue weighted by atomic mass is 10.3. The molecule has 0 saturated heterocycles. The number of hydrogen-bond donors (Lipinski definition) is 0. The number of rotatable bonds is 3. The van der Waals surface area contributed by atoms with E-state index < -0.39 is 31.0 Å². The number of ether oxygens (including phenoxy) is 1. The highest BCUT2D eigenvalue weighted by Crippen LogP contribution is 2.30. The van der Waals surface area contributed by atoms with Gasteiger partial charge in [0.2, 0.25) is 6.36 Å². The van der Waals surface area contributed by atoms with E-state index >= 15 is 0 Å². The Morgan fingerprint density at radius 1 is 0.867 bits per heavy atom. The van der Waals surface area contributed by atoms with Crippen molar-refractivity contribution in [2.45, 2.75) is 37.9 Å². The molecule has 0 amide bonds. The summed E-state index contributed by atoms with van der Waals surface area (Å²) in [6.07, 6.45) is -21.2. The highest BCUT2D eigenvalue weighted by molar-refractivity contribution is 4.71. The van der Waals surface area contributed by atoms with Crippen LogP contribution in [0, 0.1) is 0 Å². The Morgan fingerprint density at radius 3 is 1.53 bits per heavy atom. The van der Waals surface area contributed by atoms with Gasteiger partial charge < -0.3 is 4.74 Å². The van der Waals surface area contributed by atoms with Crippen LogP contribution in [0.4, 0.5) is 35.1 Å². The summed E-state index contributed by atoms with van der Waals surface area (Å²) in [6.45, 7) is 0.273. The van der Waals surface area contributed by atoms with Crippen LogP contribution in [0.2, 0.25) is 0 Å². The maximum atomic E-state index is 12.3. The van der Waals surface area contributed by atoms with Crippen LogP contribution in [0.25, 0.3) is 0 Å². The standard InChI is InChI=1S/C6H6F8O/c1-2(5(9,10)11)15-4(8)3(7)6(12,13)14/h2-4H,1H3. The SMILES string of the molecule is CC(OC(F)C(F)C(F)(F)F)C(F)(F)F. The molecule has 0 aliphatic rings. The molecule has 0 aliphatic heterocycles. The largest absolute Gasteiger partial charge is 0.425 e. The van der Waals surface area contributed by atoms with Crippen LogP contribution in [0.3, 0.4) is 0 Å². The Bertz CT molecular complexity index is 196. The van der Waals surface area contributed by atoms with Crippen LogP contribution in [0.1, 0.15) is 6.92 Å². The molecule has 0 aromatic rings. The smallest absolute Gasteiger partial charge is 0.333 e. The van der Waals surface area contributed by atoms with E-state index in [0.717, 1.165) is 0 Å². The minimum absolute atomic E-state index is 0.273. The van der Waals surface area contributed by atoms with Crippen molar-refractivity contribution in [3.8, 4) is 0 Å². The zero-order valence-corrected chi connectivity index (χ0v) is 7.16. The molecule has 0 radical (unpaired) electrons. The van der Waals surface area contributed by atoms with Crippen molar-refractivity contribution in [2.24, 2.45) is 0 Å². The second-order valence-electron chi connectivity index (χ2n) is 2.61. The van der Waals surface area contributed by atoms with E-state index in [-0.39, 0.29) is 6.92 Å². The van der Waals surface area contributed by atoms with Gasteiger partial charge in [-0.15, -0.1) is 0 Å². The monoisotopic (exact) mass is 246 g/mol. The normalized spacial score (nSPS) is 19.8. The minimum Gasteiger partial charge on any atom is -0.333 e. The van der Waals surface area contributed by atoms with Gasteiger partial charge in [0.05, 0.1) is 0 Å². The molecule has 0 aromatic heterocycles. The van der Waals surface area contributed by atoms with Crippen molar-refractivity contribution in [3.05, 3.63) is 0 Å². The Labute approximate surface area is 79.0 Å². The molecule has 0 fully saturated rings. The molecule has 0 heterocycles. The lowest BCUT2D eigenvalue weighted by Crippen LogP contribution is -2.40. The third-order valence-corrected chi connectivity index (χ3v) is 1.34. The Hall–Kier alpha value is -0.600. The van der Waals surface area contributed by atoms with Crippen molar-refractivity contribution in [2.75, 3.05) is 0 Å². The lowest BCUT2D eigenvalue weighted by Gasteiger charge is -2.22. The fraction of sp³-hybridized carbons (Fsp3) is 1.00. The van der Waals surface area contributed by atoms with Crippen LogP contribution >= 0.6 is 0 Å². The van der Waals surface area contributed by atoms with Gasteiger partial charge >= 0.3 is 12.4 Å². The quantitative estimate of drug-likeness (QED) is 0.695. The molecule has 0 rings (SSSR count). The predicted molar refractivity (Wildman–Crippen MR) is 32.4 cm³/mol. The summed E-state index contributed by atoms with van der Waals surface area (Å²) in [5.74, 6) is 0. The summed E-state index contributed by atoms with van der Waals surface area (Å²) in [5, 5.41) is 0. The number of halogens is 8. The summed E-state index contributed by atoms with van der Waals surface area (Å²) in [5.41, 5.74) is 0. The summed E-state index contributed by atoms with van der Waals surface area (Å²) in [4.78, 5) is 0. The van der Waals surface area contributed by atoms with Gasteiger partial charge in [-0.25, -0.2) is 8.78 Å². The highest BCUT2D eigenvalue weighted by atomic mass is 19.4. The molecule has 1 nitrogen and oxygen atoms in total. The van der Waals surface area contributed by atoms with Gasteiger partial charge in [-0.3, -0.25) is 0 Å². The minimum atomic E-state index is -5.59. The molecule has 15 heavy (non-hydrogen) atoms. The van der Waals surface area contributed by atoms with Crippen molar-refractivity contribution in [3.63, 3.8) is 0 Å².